The highest BCUT2D eigenvalue weighted by atomic mass is 32.2. The van der Waals surface area contributed by atoms with Crippen molar-refractivity contribution in [1.82, 2.24) is 4.31 Å². The van der Waals surface area contributed by atoms with E-state index in [-0.39, 0.29) is 12.4 Å². The summed E-state index contributed by atoms with van der Waals surface area (Å²) in [4.78, 5) is 0. The molecule has 13 heavy (non-hydrogen) atoms. The second-order valence-electron chi connectivity index (χ2n) is 3.24. The molecule has 0 amide bonds. The van der Waals surface area contributed by atoms with Crippen molar-refractivity contribution in [3.63, 3.8) is 0 Å². The molecular formula is C8H15NO3S. The van der Waals surface area contributed by atoms with Gasteiger partial charge in [0.25, 0.3) is 0 Å². The maximum atomic E-state index is 11.5. The van der Waals surface area contributed by atoms with Crippen molar-refractivity contribution >= 4 is 10.0 Å². The smallest absolute Gasteiger partial charge is 0.214 e. The van der Waals surface area contributed by atoms with Gasteiger partial charge in [0.1, 0.15) is 0 Å². The van der Waals surface area contributed by atoms with Crippen LogP contribution in [0.25, 0.3) is 0 Å². The maximum Gasteiger partial charge on any atom is 0.214 e. The molecule has 0 radical (unpaired) electrons. The Kier molecular flexibility index (Phi) is 3.47. The van der Waals surface area contributed by atoms with Crippen molar-refractivity contribution < 1.29 is 13.5 Å². The molecule has 0 saturated heterocycles. The van der Waals surface area contributed by atoms with E-state index in [0.717, 1.165) is 5.57 Å². The van der Waals surface area contributed by atoms with E-state index >= 15 is 0 Å². The topological polar surface area (TPSA) is 57.6 Å². The average molecular weight is 205 g/mol. The first-order valence-electron chi connectivity index (χ1n) is 4.30. The van der Waals surface area contributed by atoms with Crippen LogP contribution in [0.3, 0.4) is 0 Å². The summed E-state index contributed by atoms with van der Waals surface area (Å²) in [6.45, 7) is 2.84. The summed E-state index contributed by atoms with van der Waals surface area (Å²) in [5.74, 6) is 0.0462. The SMILES string of the molecule is CC1=CCN(S(=O)(=O)CCCO)C1. The zero-order chi connectivity index (χ0) is 9.90. The Morgan fingerprint density at radius 1 is 1.62 bits per heavy atom. The van der Waals surface area contributed by atoms with Gasteiger partial charge in [-0.1, -0.05) is 11.6 Å². The van der Waals surface area contributed by atoms with E-state index in [9.17, 15) is 8.42 Å². The van der Waals surface area contributed by atoms with E-state index in [1.165, 1.54) is 4.31 Å². The molecule has 0 aromatic heterocycles. The highest BCUT2D eigenvalue weighted by molar-refractivity contribution is 7.89. The van der Waals surface area contributed by atoms with Crippen molar-refractivity contribution in [1.29, 1.82) is 0 Å². The molecule has 0 aromatic carbocycles. The van der Waals surface area contributed by atoms with Crippen LogP contribution in [0, 0.1) is 0 Å². The maximum absolute atomic E-state index is 11.5. The Hall–Kier alpha value is -0.390. The first-order chi connectivity index (χ1) is 6.06. The highest BCUT2D eigenvalue weighted by Crippen LogP contribution is 2.13. The van der Waals surface area contributed by atoms with Gasteiger partial charge in [-0.3, -0.25) is 0 Å². The molecule has 4 nitrogen and oxygen atoms in total. The van der Waals surface area contributed by atoms with Gasteiger partial charge in [0.05, 0.1) is 5.75 Å². The molecule has 0 aliphatic carbocycles. The van der Waals surface area contributed by atoms with Gasteiger partial charge in [0.15, 0.2) is 0 Å². The molecule has 1 aliphatic rings. The number of rotatable bonds is 4. The Bertz CT molecular complexity index is 295. The van der Waals surface area contributed by atoms with Gasteiger partial charge in [-0.15, -0.1) is 0 Å². The number of sulfonamides is 1. The molecule has 1 rings (SSSR count). The Morgan fingerprint density at radius 2 is 2.31 bits per heavy atom. The number of hydrogen-bond acceptors (Lipinski definition) is 3. The van der Waals surface area contributed by atoms with Gasteiger partial charge in [-0.25, -0.2) is 8.42 Å². The van der Waals surface area contributed by atoms with E-state index in [2.05, 4.69) is 0 Å². The van der Waals surface area contributed by atoms with Crippen LogP contribution in [-0.4, -0.2) is 43.3 Å². The zero-order valence-electron chi connectivity index (χ0n) is 7.73. The van der Waals surface area contributed by atoms with E-state index in [1.54, 1.807) is 0 Å². The average Bonchev–Trinajstić information content (AvgIpc) is 2.49. The molecule has 76 valence electrons. The summed E-state index contributed by atoms with van der Waals surface area (Å²) in [6.07, 6.45) is 2.23. The fourth-order valence-corrected chi connectivity index (χ4v) is 2.71. The minimum atomic E-state index is -3.13. The Morgan fingerprint density at radius 3 is 2.77 bits per heavy atom. The second-order valence-corrected chi connectivity index (χ2v) is 5.32. The van der Waals surface area contributed by atoms with Crippen LogP contribution in [0.15, 0.2) is 11.6 Å². The van der Waals surface area contributed by atoms with Gasteiger partial charge in [-0.2, -0.15) is 4.31 Å². The molecule has 0 aromatic rings. The third kappa shape index (κ3) is 2.79. The van der Waals surface area contributed by atoms with Crippen molar-refractivity contribution in [2.24, 2.45) is 0 Å². The van der Waals surface area contributed by atoms with E-state index in [1.807, 2.05) is 13.0 Å². The zero-order valence-corrected chi connectivity index (χ0v) is 8.55. The largest absolute Gasteiger partial charge is 0.396 e. The molecule has 0 unspecified atom stereocenters. The normalized spacial score (nSPS) is 19.1. The predicted molar refractivity (Wildman–Crippen MR) is 50.8 cm³/mol. The first-order valence-corrected chi connectivity index (χ1v) is 5.91. The van der Waals surface area contributed by atoms with E-state index in [0.29, 0.717) is 19.5 Å². The third-order valence-corrected chi connectivity index (χ3v) is 3.89. The summed E-state index contributed by atoms with van der Waals surface area (Å²) in [5.41, 5.74) is 1.09. The Labute approximate surface area is 78.9 Å². The quantitative estimate of drug-likeness (QED) is 0.655. The van der Waals surface area contributed by atoms with Gasteiger partial charge in [0.2, 0.25) is 10.0 Å². The molecule has 1 heterocycles. The minimum absolute atomic E-state index is 0.0462. The van der Waals surface area contributed by atoms with E-state index < -0.39 is 10.0 Å². The number of aliphatic hydroxyl groups excluding tert-OH is 1. The van der Waals surface area contributed by atoms with Crippen molar-refractivity contribution in [2.45, 2.75) is 13.3 Å². The molecule has 0 fully saturated rings. The van der Waals surface area contributed by atoms with Gasteiger partial charge < -0.3 is 5.11 Å². The minimum Gasteiger partial charge on any atom is -0.396 e. The summed E-state index contributed by atoms with van der Waals surface area (Å²) in [7, 11) is -3.13. The number of nitrogens with zero attached hydrogens (tertiary/aromatic N) is 1. The molecule has 0 atom stereocenters. The fourth-order valence-electron chi connectivity index (χ4n) is 1.25. The summed E-state index contributed by atoms with van der Waals surface area (Å²) < 4.78 is 24.5. The molecule has 1 aliphatic heterocycles. The fraction of sp³-hybridized carbons (Fsp3) is 0.750. The van der Waals surface area contributed by atoms with Crippen LogP contribution in [0.5, 0.6) is 0 Å². The lowest BCUT2D eigenvalue weighted by Gasteiger charge is -2.15. The number of hydrogen-bond donors (Lipinski definition) is 1. The van der Waals surface area contributed by atoms with Crippen LogP contribution < -0.4 is 0 Å². The lowest BCUT2D eigenvalue weighted by Crippen LogP contribution is -2.31. The highest BCUT2D eigenvalue weighted by Gasteiger charge is 2.23. The van der Waals surface area contributed by atoms with Crippen molar-refractivity contribution in [3.8, 4) is 0 Å². The van der Waals surface area contributed by atoms with Crippen LogP contribution >= 0.6 is 0 Å². The first kappa shape index (κ1) is 10.7. The van der Waals surface area contributed by atoms with Crippen LogP contribution in [0.2, 0.25) is 0 Å². The van der Waals surface area contributed by atoms with Crippen LogP contribution in [0.4, 0.5) is 0 Å². The Balaban J connectivity index is 2.52. The lowest BCUT2D eigenvalue weighted by atomic mass is 10.3. The predicted octanol–water partition coefficient (Wildman–Crippen LogP) is -0.0395. The van der Waals surface area contributed by atoms with Gasteiger partial charge >= 0.3 is 0 Å². The lowest BCUT2D eigenvalue weighted by molar-refractivity contribution is 0.294. The van der Waals surface area contributed by atoms with Crippen LogP contribution in [0.1, 0.15) is 13.3 Å². The van der Waals surface area contributed by atoms with Crippen LogP contribution in [-0.2, 0) is 10.0 Å². The second kappa shape index (κ2) is 4.21. The molecule has 0 saturated carbocycles. The molecule has 1 N–H and O–H groups in total. The third-order valence-electron chi connectivity index (χ3n) is 2.02. The van der Waals surface area contributed by atoms with Crippen molar-refractivity contribution in [3.05, 3.63) is 11.6 Å². The molecule has 0 spiro atoms. The summed E-state index contributed by atoms with van der Waals surface area (Å²) >= 11 is 0. The van der Waals surface area contributed by atoms with Gasteiger partial charge in [0, 0.05) is 19.7 Å². The molecule has 5 heteroatoms. The monoisotopic (exact) mass is 205 g/mol. The standard InChI is InChI=1S/C8H15NO3S/c1-8-3-4-9(7-8)13(11,12)6-2-5-10/h3,10H,2,4-7H2,1H3. The summed E-state index contributed by atoms with van der Waals surface area (Å²) in [5, 5.41) is 8.53. The van der Waals surface area contributed by atoms with Crippen molar-refractivity contribution in [2.75, 3.05) is 25.4 Å². The van der Waals surface area contributed by atoms with Gasteiger partial charge in [-0.05, 0) is 13.3 Å². The molecule has 0 bridgehead atoms. The summed E-state index contributed by atoms with van der Waals surface area (Å²) in [6, 6.07) is 0. The number of aliphatic hydroxyl groups is 1. The molecular weight excluding hydrogens is 190 g/mol. The van der Waals surface area contributed by atoms with E-state index in [4.69, 9.17) is 5.11 Å².